The average Bonchev–Trinajstić information content (AvgIpc) is 2.37. The molecule has 0 saturated carbocycles. The summed E-state index contributed by atoms with van der Waals surface area (Å²) in [7, 11) is 0. The van der Waals surface area contributed by atoms with Crippen LogP contribution in [0.15, 0.2) is 48.5 Å². The molecule has 0 fully saturated rings. The molecule has 3 heteroatoms. The molecule has 0 aliphatic heterocycles. The van der Waals surface area contributed by atoms with E-state index in [4.69, 9.17) is 5.11 Å². The summed E-state index contributed by atoms with van der Waals surface area (Å²) in [5.74, 6) is -1.09. The van der Waals surface area contributed by atoms with Crippen molar-refractivity contribution in [2.45, 2.75) is 12.8 Å². The van der Waals surface area contributed by atoms with Gasteiger partial charge in [0.05, 0.1) is 0 Å². The summed E-state index contributed by atoms with van der Waals surface area (Å²) in [4.78, 5) is 10.5. The van der Waals surface area contributed by atoms with Crippen molar-refractivity contribution >= 4 is 5.97 Å². The third kappa shape index (κ3) is 3.17. The maximum atomic E-state index is 13.1. The zero-order valence-corrected chi connectivity index (χ0v) is 9.77. The molecule has 0 aliphatic rings. The second kappa shape index (κ2) is 5.45. The van der Waals surface area contributed by atoms with Gasteiger partial charge in [-0.1, -0.05) is 36.4 Å². The summed E-state index contributed by atoms with van der Waals surface area (Å²) in [6.45, 7) is 0. The average molecular weight is 244 g/mol. The van der Waals surface area contributed by atoms with Gasteiger partial charge in [-0.25, -0.2) is 4.39 Å². The number of carboxylic acid groups (broad SMARTS) is 1. The maximum Gasteiger partial charge on any atom is 0.303 e. The van der Waals surface area contributed by atoms with Crippen LogP contribution in [0.5, 0.6) is 0 Å². The van der Waals surface area contributed by atoms with Crippen LogP contribution >= 0.6 is 0 Å². The Bertz CT molecular complexity index is 564. The molecule has 0 aromatic heterocycles. The van der Waals surface area contributed by atoms with Gasteiger partial charge < -0.3 is 5.11 Å². The van der Waals surface area contributed by atoms with Crippen LogP contribution in [-0.2, 0) is 11.2 Å². The summed E-state index contributed by atoms with van der Waals surface area (Å²) in [6.07, 6.45) is 0.588. The van der Waals surface area contributed by atoms with E-state index in [2.05, 4.69) is 0 Å². The summed E-state index contributed by atoms with van der Waals surface area (Å²) in [6, 6.07) is 13.9. The first-order valence-electron chi connectivity index (χ1n) is 5.72. The van der Waals surface area contributed by atoms with Crippen molar-refractivity contribution in [3.8, 4) is 11.1 Å². The molecular formula is C15H13FO2. The zero-order chi connectivity index (χ0) is 13.0. The lowest BCUT2D eigenvalue weighted by molar-refractivity contribution is -0.136. The van der Waals surface area contributed by atoms with Gasteiger partial charge in [0.1, 0.15) is 5.82 Å². The SMILES string of the molecule is O=C(O)CCc1cccc(-c2cccc(F)c2)c1. The van der Waals surface area contributed by atoms with Crippen molar-refractivity contribution in [1.29, 1.82) is 0 Å². The highest BCUT2D eigenvalue weighted by molar-refractivity contribution is 5.68. The van der Waals surface area contributed by atoms with E-state index in [0.717, 1.165) is 16.7 Å². The Kier molecular flexibility index (Phi) is 3.72. The van der Waals surface area contributed by atoms with Gasteiger partial charge in [-0.05, 0) is 35.2 Å². The fourth-order valence-electron chi connectivity index (χ4n) is 1.83. The van der Waals surface area contributed by atoms with E-state index in [1.165, 1.54) is 12.1 Å². The predicted molar refractivity (Wildman–Crippen MR) is 67.8 cm³/mol. The second-order valence-electron chi connectivity index (χ2n) is 4.10. The molecular weight excluding hydrogens is 231 g/mol. The molecule has 2 aromatic rings. The molecule has 92 valence electrons. The molecule has 0 bridgehead atoms. The van der Waals surface area contributed by atoms with E-state index in [9.17, 15) is 9.18 Å². The van der Waals surface area contributed by atoms with Crippen molar-refractivity contribution in [2.75, 3.05) is 0 Å². The van der Waals surface area contributed by atoms with Gasteiger partial charge in [0.2, 0.25) is 0 Å². The van der Waals surface area contributed by atoms with Crippen LogP contribution in [0.2, 0.25) is 0 Å². The summed E-state index contributed by atoms with van der Waals surface area (Å²) in [5.41, 5.74) is 2.64. The Morgan fingerprint density at radius 3 is 2.39 bits per heavy atom. The highest BCUT2D eigenvalue weighted by atomic mass is 19.1. The Morgan fingerprint density at radius 1 is 1.06 bits per heavy atom. The molecule has 0 radical (unpaired) electrons. The molecule has 0 amide bonds. The number of aryl methyl sites for hydroxylation is 1. The molecule has 0 atom stereocenters. The van der Waals surface area contributed by atoms with Gasteiger partial charge in [0.25, 0.3) is 0 Å². The minimum absolute atomic E-state index is 0.104. The first-order chi connectivity index (χ1) is 8.65. The third-order valence-corrected chi connectivity index (χ3v) is 2.71. The number of carboxylic acids is 1. The number of hydrogen-bond donors (Lipinski definition) is 1. The summed E-state index contributed by atoms with van der Waals surface area (Å²) >= 11 is 0. The van der Waals surface area contributed by atoms with Gasteiger partial charge in [-0.15, -0.1) is 0 Å². The number of carbonyl (C=O) groups is 1. The van der Waals surface area contributed by atoms with E-state index in [-0.39, 0.29) is 12.2 Å². The Labute approximate surface area is 105 Å². The Balaban J connectivity index is 2.24. The molecule has 2 nitrogen and oxygen atoms in total. The number of benzene rings is 2. The lowest BCUT2D eigenvalue weighted by atomic mass is 10.0. The Morgan fingerprint density at radius 2 is 1.72 bits per heavy atom. The highest BCUT2D eigenvalue weighted by Crippen LogP contribution is 2.21. The van der Waals surface area contributed by atoms with Crippen molar-refractivity contribution < 1.29 is 14.3 Å². The first kappa shape index (κ1) is 12.3. The summed E-state index contributed by atoms with van der Waals surface area (Å²) in [5, 5.41) is 8.65. The maximum absolute atomic E-state index is 13.1. The van der Waals surface area contributed by atoms with Crippen LogP contribution < -0.4 is 0 Å². The zero-order valence-electron chi connectivity index (χ0n) is 9.77. The van der Waals surface area contributed by atoms with Gasteiger partial charge in [-0.3, -0.25) is 4.79 Å². The quantitative estimate of drug-likeness (QED) is 0.893. The lowest BCUT2D eigenvalue weighted by Gasteiger charge is -2.05. The molecule has 0 aliphatic carbocycles. The van der Waals surface area contributed by atoms with Crippen LogP contribution in [0.3, 0.4) is 0 Å². The van der Waals surface area contributed by atoms with Crippen LogP contribution in [0, 0.1) is 5.82 Å². The minimum Gasteiger partial charge on any atom is -0.481 e. The number of rotatable bonds is 4. The largest absolute Gasteiger partial charge is 0.481 e. The normalized spacial score (nSPS) is 10.3. The van der Waals surface area contributed by atoms with Crippen LogP contribution in [0.1, 0.15) is 12.0 Å². The molecule has 2 rings (SSSR count). The molecule has 0 unspecified atom stereocenters. The van der Waals surface area contributed by atoms with E-state index in [1.807, 2.05) is 30.3 Å². The van der Waals surface area contributed by atoms with Crippen molar-refractivity contribution in [3.05, 3.63) is 59.9 Å². The minimum atomic E-state index is -0.814. The van der Waals surface area contributed by atoms with Crippen LogP contribution in [-0.4, -0.2) is 11.1 Å². The number of aliphatic carboxylic acids is 1. The molecule has 2 aromatic carbocycles. The third-order valence-electron chi connectivity index (χ3n) is 2.71. The van der Waals surface area contributed by atoms with Gasteiger partial charge in [0, 0.05) is 6.42 Å². The van der Waals surface area contributed by atoms with Gasteiger partial charge in [0.15, 0.2) is 0 Å². The monoisotopic (exact) mass is 244 g/mol. The standard InChI is InChI=1S/C15H13FO2/c16-14-6-2-5-13(10-14)12-4-1-3-11(9-12)7-8-15(17)18/h1-6,9-10H,7-8H2,(H,17,18). The molecule has 0 saturated heterocycles. The van der Waals surface area contributed by atoms with E-state index < -0.39 is 5.97 Å². The molecule has 18 heavy (non-hydrogen) atoms. The highest BCUT2D eigenvalue weighted by Gasteiger charge is 2.02. The van der Waals surface area contributed by atoms with Gasteiger partial charge in [-0.2, -0.15) is 0 Å². The van der Waals surface area contributed by atoms with Gasteiger partial charge >= 0.3 is 5.97 Å². The Hall–Kier alpha value is -2.16. The second-order valence-corrected chi connectivity index (χ2v) is 4.10. The number of halogens is 1. The van der Waals surface area contributed by atoms with E-state index in [1.54, 1.807) is 6.07 Å². The van der Waals surface area contributed by atoms with Crippen molar-refractivity contribution in [1.82, 2.24) is 0 Å². The summed E-state index contributed by atoms with van der Waals surface area (Å²) < 4.78 is 13.1. The molecule has 0 spiro atoms. The smallest absolute Gasteiger partial charge is 0.303 e. The van der Waals surface area contributed by atoms with Crippen molar-refractivity contribution in [2.24, 2.45) is 0 Å². The fraction of sp³-hybridized carbons (Fsp3) is 0.133. The lowest BCUT2D eigenvalue weighted by Crippen LogP contribution is -1.97. The fourth-order valence-corrected chi connectivity index (χ4v) is 1.83. The topological polar surface area (TPSA) is 37.3 Å². The predicted octanol–water partition coefficient (Wildman–Crippen LogP) is 3.51. The number of hydrogen-bond acceptors (Lipinski definition) is 1. The molecule has 0 heterocycles. The van der Waals surface area contributed by atoms with Crippen LogP contribution in [0.25, 0.3) is 11.1 Å². The van der Waals surface area contributed by atoms with Crippen LogP contribution in [0.4, 0.5) is 4.39 Å². The van der Waals surface area contributed by atoms with Crippen molar-refractivity contribution in [3.63, 3.8) is 0 Å². The first-order valence-corrected chi connectivity index (χ1v) is 5.72. The van der Waals surface area contributed by atoms with E-state index in [0.29, 0.717) is 6.42 Å². The molecule has 1 N–H and O–H groups in total. The van der Waals surface area contributed by atoms with E-state index >= 15 is 0 Å².